The number of carbonyl (C=O) groups excluding carboxylic acids is 1. The molecule has 0 unspecified atom stereocenters. The van der Waals surface area contributed by atoms with E-state index < -0.39 is 71.7 Å². The van der Waals surface area contributed by atoms with E-state index in [0.717, 1.165) is 0 Å². The van der Waals surface area contributed by atoms with Gasteiger partial charge in [-0.25, -0.2) is 4.79 Å². The average molecular weight is 568 g/mol. The Hall–Kier alpha value is -2.12. The van der Waals surface area contributed by atoms with E-state index in [-0.39, 0.29) is 0 Å². The Labute approximate surface area is 179 Å². The quantitative estimate of drug-likeness (QED) is 0.160. The maximum Gasteiger partial charge on any atom is 0.460 e. The predicted octanol–water partition coefficient (Wildman–Crippen LogP) is 7.10. The Morgan fingerprint density at radius 1 is 0.571 bits per heavy atom. The van der Waals surface area contributed by atoms with E-state index in [1.165, 1.54) is 0 Å². The summed E-state index contributed by atoms with van der Waals surface area (Å²) in [4.78, 5) is 10.8. The largest absolute Gasteiger partial charge is 0.460 e. The van der Waals surface area contributed by atoms with Crippen LogP contribution in [0.4, 0.5) is 83.4 Å². The molecule has 0 aliphatic carbocycles. The Morgan fingerprint density at radius 3 is 1.14 bits per heavy atom. The van der Waals surface area contributed by atoms with Gasteiger partial charge in [0, 0.05) is 5.57 Å². The molecule has 0 aliphatic heterocycles. The first-order valence-corrected chi connectivity index (χ1v) is 7.76. The molecule has 0 saturated carbocycles. The predicted molar refractivity (Wildman–Crippen MR) is 71.2 cm³/mol. The fraction of sp³-hybridized carbons (Fsp3) is 0.786. The number of rotatable bonds is 10. The summed E-state index contributed by atoms with van der Waals surface area (Å²) >= 11 is 0. The lowest BCUT2D eigenvalue weighted by molar-refractivity contribution is -0.463. The number of halogens is 19. The third-order valence-corrected chi connectivity index (χ3v) is 3.81. The minimum atomic E-state index is -8.89. The number of ether oxygens (including phenoxy) is 1. The van der Waals surface area contributed by atoms with Gasteiger partial charge in [0.2, 0.25) is 0 Å². The first-order chi connectivity index (χ1) is 14.8. The van der Waals surface area contributed by atoms with Gasteiger partial charge in [-0.3, -0.25) is 0 Å². The van der Waals surface area contributed by atoms with E-state index in [1.807, 2.05) is 0 Å². The Kier molecular flexibility index (Phi) is 7.96. The number of hydrogen-bond acceptors (Lipinski definition) is 2. The second kappa shape index (κ2) is 8.48. The third kappa shape index (κ3) is 4.94. The van der Waals surface area contributed by atoms with E-state index in [9.17, 15) is 88.2 Å². The summed E-state index contributed by atoms with van der Waals surface area (Å²) in [6, 6.07) is 0. The van der Waals surface area contributed by atoms with Crippen molar-refractivity contribution in [1.29, 1.82) is 0 Å². The van der Waals surface area contributed by atoms with Crippen LogP contribution in [0.3, 0.4) is 0 Å². The zero-order chi connectivity index (χ0) is 29.1. The molecule has 35 heavy (non-hydrogen) atoms. The highest BCUT2D eigenvalue weighted by atomic mass is 19.4. The summed E-state index contributed by atoms with van der Waals surface area (Å²) in [5, 5.41) is 0. The summed E-state index contributed by atoms with van der Waals surface area (Å²) in [6.45, 7) is 3.11. The van der Waals surface area contributed by atoms with Crippen LogP contribution in [0.2, 0.25) is 0 Å². The van der Waals surface area contributed by atoms with Gasteiger partial charge in [0.25, 0.3) is 0 Å². The molecule has 0 bridgehead atoms. The molecule has 0 radical (unpaired) electrons. The van der Waals surface area contributed by atoms with E-state index in [0.29, 0.717) is 6.92 Å². The molecule has 0 N–H and O–H groups in total. The maximum atomic E-state index is 13.5. The van der Waals surface area contributed by atoms with Crippen molar-refractivity contribution in [3.8, 4) is 0 Å². The molecule has 0 aromatic heterocycles. The standard InChI is InChI=1S/C14H7F19O2/c1-4(2)5(34)35-7(17,18)3-6(15,16)8(19,20)9(21,22)10(23,24)11(25,26)12(27,28)13(29,30)14(31,32)33/h1,3H2,2H3. The van der Waals surface area contributed by atoms with Crippen LogP contribution in [0, 0.1) is 0 Å². The smallest absolute Gasteiger partial charge is 0.397 e. The van der Waals surface area contributed by atoms with Crippen LogP contribution in [0.15, 0.2) is 12.2 Å². The van der Waals surface area contributed by atoms with Crippen LogP contribution in [-0.2, 0) is 9.53 Å². The zero-order valence-corrected chi connectivity index (χ0v) is 15.9. The van der Waals surface area contributed by atoms with Crippen molar-refractivity contribution in [3.63, 3.8) is 0 Å². The van der Waals surface area contributed by atoms with E-state index in [1.54, 1.807) is 0 Å². The van der Waals surface area contributed by atoms with Gasteiger partial charge in [-0.15, -0.1) is 0 Å². The van der Waals surface area contributed by atoms with Crippen LogP contribution in [-0.4, -0.2) is 59.7 Å². The Morgan fingerprint density at radius 2 is 0.857 bits per heavy atom. The van der Waals surface area contributed by atoms with Crippen LogP contribution in [0.25, 0.3) is 0 Å². The van der Waals surface area contributed by atoms with Crippen LogP contribution < -0.4 is 0 Å². The zero-order valence-electron chi connectivity index (χ0n) is 15.9. The van der Waals surface area contributed by atoms with E-state index >= 15 is 0 Å². The van der Waals surface area contributed by atoms with Crippen LogP contribution >= 0.6 is 0 Å². The molecule has 0 aliphatic rings. The fourth-order valence-electron chi connectivity index (χ4n) is 1.82. The summed E-state index contributed by atoms with van der Waals surface area (Å²) in [5.41, 5.74) is -1.08. The van der Waals surface area contributed by atoms with Crippen molar-refractivity contribution in [2.45, 2.75) is 67.1 Å². The average Bonchev–Trinajstić information content (AvgIpc) is 2.57. The number of carbonyl (C=O) groups is 1. The van der Waals surface area contributed by atoms with Crippen LogP contribution in [0.1, 0.15) is 13.3 Å². The summed E-state index contributed by atoms with van der Waals surface area (Å²) in [7, 11) is 0. The SMILES string of the molecule is C=C(C)C(=O)OC(F)(F)CC(F)(F)C(F)(F)C(F)(F)C(F)(F)C(F)(F)C(F)(F)C(F)(F)C(F)(F)F. The highest BCUT2D eigenvalue weighted by Gasteiger charge is 2.95. The Balaban J connectivity index is 6.64. The van der Waals surface area contributed by atoms with Crippen molar-refractivity contribution >= 4 is 5.97 Å². The number of alkyl halides is 19. The molecule has 0 fully saturated rings. The van der Waals surface area contributed by atoms with Crippen molar-refractivity contribution in [1.82, 2.24) is 0 Å². The summed E-state index contributed by atoms with van der Waals surface area (Å²) in [6.07, 6.45) is -18.1. The number of esters is 1. The second-order valence-corrected chi connectivity index (χ2v) is 6.63. The molecule has 0 amide bonds. The fourth-order valence-corrected chi connectivity index (χ4v) is 1.82. The molecule has 0 aromatic rings. The molecule has 0 spiro atoms. The molecule has 0 rings (SSSR count). The molecule has 2 nitrogen and oxygen atoms in total. The van der Waals surface area contributed by atoms with Crippen LogP contribution in [0.5, 0.6) is 0 Å². The molecule has 21 heteroatoms. The van der Waals surface area contributed by atoms with Crippen molar-refractivity contribution < 1.29 is 92.9 Å². The van der Waals surface area contributed by atoms with Gasteiger partial charge in [0.05, 0.1) is 0 Å². The second-order valence-electron chi connectivity index (χ2n) is 6.63. The minimum absolute atomic E-state index is 0.527. The molecule has 208 valence electrons. The van der Waals surface area contributed by atoms with Gasteiger partial charge in [-0.1, -0.05) is 6.58 Å². The first kappa shape index (κ1) is 32.9. The Bertz CT molecular complexity index is 822. The highest BCUT2D eigenvalue weighted by molar-refractivity contribution is 5.87. The molecule has 0 atom stereocenters. The van der Waals surface area contributed by atoms with Crippen molar-refractivity contribution in [2.24, 2.45) is 0 Å². The van der Waals surface area contributed by atoms with Gasteiger partial charge in [0.1, 0.15) is 6.42 Å². The lowest BCUT2D eigenvalue weighted by Crippen LogP contribution is -2.74. The minimum Gasteiger partial charge on any atom is -0.397 e. The van der Waals surface area contributed by atoms with Gasteiger partial charge in [-0.05, 0) is 6.92 Å². The topological polar surface area (TPSA) is 26.3 Å². The summed E-state index contributed by atoms with van der Waals surface area (Å²) < 4.78 is 251. The third-order valence-electron chi connectivity index (χ3n) is 3.81. The van der Waals surface area contributed by atoms with E-state index in [4.69, 9.17) is 0 Å². The van der Waals surface area contributed by atoms with Gasteiger partial charge >= 0.3 is 59.7 Å². The lowest BCUT2D eigenvalue weighted by Gasteiger charge is -2.43. The highest BCUT2D eigenvalue weighted by Crippen LogP contribution is 2.64. The summed E-state index contributed by atoms with van der Waals surface area (Å²) in [5.74, 6) is -61.6. The molecule has 0 heterocycles. The van der Waals surface area contributed by atoms with Gasteiger partial charge in [-0.2, -0.15) is 83.4 Å². The molecular weight excluding hydrogens is 561 g/mol. The molecule has 0 aromatic carbocycles. The van der Waals surface area contributed by atoms with Crippen molar-refractivity contribution in [2.75, 3.05) is 0 Å². The van der Waals surface area contributed by atoms with Gasteiger partial charge < -0.3 is 4.74 Å². The van der Waals surface area contributed by atoms with Gasteiger partial charge in [0.15, 0.2) is 0 Å². The molecular formula is C14H7F19O2. The first-order valence-electron chi connectivity index (χ1n) is 7.76. The lowest BCUT2D eigenvalue weighted by atomic mass is 9.88. The monoisotopic (exact) mass is 568 g/mol. The molecule has 0 saturated heterocycles. The number of hydrogen-bond donors (Lipinski definition) is 0. The van der Waals surface area contributed by atoms with E-state index in [2.05, 4.69) is 11.3 Å². The van der Waals surface area contributed by atoms with Crippen molar-refractivity contribution in [3.05, 3.63) is 12.2 Å². The maximum absolute atomic E-state index is 13.5. The normalized spacial score (nSPS) is 15.8.